The van der Waals surface area contributed by atoms with Crippen molar-refractivity contribution in [2.75, 3.05) is 14.2 Å². The smallest absolute Gasteiger partial charge is 0.335 e. The van der Waals surface area contributed by atoms with Crippen molar-refractivity contribution in [3.63, 3.8) is 0 Å². The van der Waals surface area contributed by atoms with Crippen molar-refractivity contribution >= 4 is 26.0 Å². The van der Waals surface area contributed by atoms with Crippen LogP contribution in [-0.2, 0) is 20.0 Å². The Morgan fingerprint density at radius 2 is 1.29 bits per heavy atom. The molecule has 0 bridgehead atoms. The molecule has 0 fully saturated rings. The average molecular weight is 432 g/mol. The van der Waals surface area contributed by atoms with Gasteiger partial charge in [-0.25, -0.2) is 31.9 Å². The lowest BCUT2D eigenvalue weighted by Gasteiger charge is -2.06. The number of hydrogen-bond acceptors (Lipinski definition) is 7. The van der Waals surface area contributed by atoms with Gasteiger partial charge in [-0.05, 0) is 42.8 Å². The molecule has 0 unspecified atom stereocenters. The Morgan fingerprint density at radius 3 is 1.68 bits per heavy atom. The van der Waals surface area contributed by atoms with Crippen LogP contribution in [0.25, 0.3) is 0 Å². The van der Waals surface area contributed by atoms with Crippen LogP contribution in [0.3, 0.4) is 0 Å². The maximum atomic E-state index is 11.0. The molecule has 2 rings (SSSR count). The number of primary sulfonamides is 2. The second-order valence-corrected chi connectivity index (χ2v) is 8.47. The first-order valence-corrected chi connectivity index (χ1v) is 10.5. The molecule has 0 aromatic heterocycles. The summed E-state index contributed by atoms with van der Waals surface area (Å²) in [6.45, 7) is 1.84. The monoisotopic (exact) mass is 432 g/mol. The summed E-state index contributed by atoms with van der Waals surface area (Å²) in [6.07, 6.45) is 0. The van der Waals surface area contributed by atoms with Crippen LogP contribution in [-0.4, -0.2) is 42.1 Å². The first-order chi connectivity index (χ1) is 12.8. The van der Waals surface area contributed by atoms with Gasteiger partial charge in [0.2, 0.25) is 20.0 Å². The van der Waals surface area contributed by atoms with E-state index in [9.17, 15) is 21.6 Å². The number of carboxylic acids is 1. The Bertz CT molecular complexity index is 1080. The number of rotatable bonds is 5. The van der Waals surface area contributed by atoms with E-state index < -0.39 is 26.0 Å². The summed E-state index contributed by atoms with van der Waals surface area (Å²) in [6, 6.07) is 8.07. The zero-order valence-corrected chi connectivity index (χ0v) is 16.9. The predicted molar refractivity (Wildman–Crippen MR) is 100 cm³/mol. The normalized spacial score (nSPS) is 11.2. The van der Waals surface area contributed by atoms with Crippen LogP contribution in [0.15, 0.2) is 46.2 Å². The molecule has 0 aliphatic heterocycles. The van der Waals surface area contributed by atoms with E-state index >= 15 is 0 Å². The molecule has 0 saturated carbocycles. The van der Waals surface area contributed by atoms with Crippen molar-refractivity contribution < 1.29 is 36.2 Å². The van der Waals surface area contributed by atoms with Crippen molar-refractivity contribution in [2.45, 2.75) is 16.7 Å². The highest BCUT2D eigenvalue weighted by molar-refractivity contribution is 7.89. The van der Waals surface area contributed by atoms with Crippen LogP contribution >= 0.6 is 0 Å². The number of benzene rings is 2. The first-order valence-electron chi connectivity index (χ1n) is 7.42. The molecular weight excluding hydrogens is 412 g/mol. The molecule has 0 radical (unpaired) electrons. The average Bonchev–Trinajstić information content (AvgIpc) is 2.59. The molecule has 0 aliphatic carbocycles. The summed E-state index contributed by atoms with van der Waals surface area (Å²) in [4.78, 5) is 10.4. The highest BCUT2D eigenvalue weighted by Crippen LogP contribution is 2.24. The van der Waals surface area contributed by atoms with Crippen molar-refractivity contribution in [1.29, 1.82) is 0 Å². The highest BCUT2D eigenvalue weighted by atomic mass is 32.2. The first kappa shape index (κ1) is 23.4. The van der Waals surface area contributed by atoms with E-state index in [0.29, 0.717) is 0 Å². The second-order valence-electron chi connectivity index (χ2n) is 5.42. The van der Waals surface area contributed by atoms with Crippen LogP contribution in [0.5, 0.6) is 11.5 Å². The third kappa shape index (κ3) is 6.20. The lowest BCUT2D eigenvalue weighted by Crippen LogP contribution is -2.14. The van der Waals surface area contributed by atoms with Gasteiger partial charge in [-0.3, -0.25) is 0 Å². The summed E-state index contributed by atoms with van der Waals surface area (Å²) in [7, 11) is -4.96. The number of nitrogens with two attached hydrogens (primary N) is 2. The molecule has 0 aliphatic rings. The van der Waals surface area contributed by atoms with Gasteiger partial charge >= 0.3 is 5.97 Å². The number of carboxylic acid groups (broad SMARTS) is 1. The standard InChI is InChI=1S/C8H9NO5S.C8H11NO3S/c1-14-6-4-5(8(10)11)2-3-7(6)15(9,12)13;1-6-3-4-8(13(9,10)11)7(5-6)12-2/h2-4H,1H3,(H,10,11)(H2,9,12,13);3-5H,1-2H3,(H2,9,10,11). The summed E-state index contributed by atoms with van der Waals surface area (Å²) < 4.78 is 53.8. The fourth-order valence-electron chi connectivity index (χ4n) is 2.05. The molecule has 5 N–H and O–H groups in total. The third-order valence-electron chi connectivity index (χ3n) is 3.34. The summed E-state index contributed by atoms with van der Waals surface area (Å²) >= 11 is 0. The maximum Gasteiger partial charge on any atom is 0.335 e. The van der Waals surface area contributed by atoms with Gasteiger partial charge in [-0.1, -0.05) is 6.07 Å². The lowest BCUT2D eigenvalue weighted by molar-refractivity contribution is 0.0696. The molecule has 28 heavy (non-hydrogen) atoms. The van der Waals surface area contributed by atoms with E-state index in [4.69, 9.17) is 24.9 Å². The van der Waals surface area contributed by atoms with Crippen LogP contribution in [0, 0.1) is 6.92 Å². The quantitative estimate of drug-likeness (QED) is 0.618. The highest BCUT2D eigenvalue weighted by Gasteiger charge is 2.17. The number of sulfonamides is 2. The van der Waals surface area contributed by atoms with Gasteiger partial charge in [0.15, 0.2) is 0 Å². The van der Waals surface area contributed by atoms with Crippen molar-refractivity contribution in [3.8, 4) is 11.5 Å². The zero-order valence-electron chi connectivity index (χ0n) is 15.2. The molecule has 0 amide bonds. The fraction of sp³-hybridized carbons (Fsp3) is 0.188. The topological polar surface area (TPSA) is 176 Å². The number of methoxy groups -OCH3 is 2. The molecule has 2 aromatic carbocycles. The molecule has 2 aromatic rings. The summed E-state index contributed by atoms with van der Waals surface area (Å²) in [5.74, 6) is -0.978. The fourth-order valence-corrected chi connectivity index (χ4v) is 3.41. The van der Waals surface area contributed by atoms with Gasteiger partial charge in [0.05, 0.1) is 19.8 Å². The number of hydrogen-bond donors (Lipinski definition) is 3. The van der Waals surface area contributed by atoms with Gasteiger partial charge in [0.1, 0.15) is 21.3 Å². The molecule has 10 nitrogen and oxygen atoms in total. The summed E-state index contributed by atoms with van der Waals surface area (Å²) in [5.41, 5.74) is 0.850. The van der Waals surface area contributed by atoms with E-state index in [1.165, 1.54) is 20.3 Å². The van der Waals surface area contributed by atoms with E-state index in [0.717, 1.165) is 23.8 Å². The summed E-state index contributed by atoms with van der Waals surface area (Å²) in [5, 5.41) is 18.5. The number of aromatic carboxylic acids is 1. The second kappa shape index (κ2) is 9.01. The maximum absolute atomic E-state index is 11.0. The van der Waals surface area contributed by atoms with Crippen molar-refractivity contribution in [3.05, 3.63) is 47.5 Å². The van der Waals surface area contributed by atoms with Gasteiger partial charge < -0.3 is 14.6 Å². The van der Waals surface area contributed by atoms with Gasteiger partial charge in [-0.2, -0.15) is 0 Å². The molecule has 0 saturated heterocycles. The lowest BCUT2D eigenvalue weighted by atomic mass is 10.2. The van der Waals surface area contributed by atoms with E-state index in [1.54, 1.807) is 12.1 Å². The minimum Gasteiger partial charge on any atom is -0.495 e. The zero-order chi connectivity index (χ0) is 21.7. The Balaban J connectivity index is 0.000000283. The largest absolute Gasteiger partial charge is 0.495 e. The number of carbonyl (C=O) groups is 1. The molecule has 0 atom stereocenters. The minimum atomic E-state index is -3.91. The Kier molecular flexibility index (Phi) is 7.52. The van der Waals surface area contributed by atoms with E-state index in [2.05, 4.69) is 0 Å². The van der Waals surface area contributed by atoms with Gasteiger partial charge in [0, 0.05) is 0 Å². The van der Waals surface area contributed by atoms with Crippen molar-refractivity contribution in [1.82, 2.24) is 0 Å². The van der Waals surface area contributed by atoms with Crippen LogP contribution in [0.2, 0.25) is 0 Å². The molecule has 0 spiro atoms. The van der Waals surface area contributed by atoms with Crippen LogP contribution in [0.4, 0.5) is 0 Å². The Labute approximate surface area is 162 Å². The number of aryl methyl sites for hydroxylation is 1. The molecule has 12 heteroatoms. The Morgan fingerprint density at radius 1 is 0.857 bits per heavy atom. The van der Waals surface area contributed by atoms with E-state index in [-0.39, 0.29) is 26.9 Å². The minimum absolute atomic E-state index is 0.0144. The van der Waals surface area contributed by atoms with Crippen molar-refractivity contribution in [2.24, 2.45) is 10.3 Å². The number of ether oxygens (including phenoxy) is 2. The predicted octanol–water partition coefficient (Wildman–Crippen LogP) is 0.692. The van der Waals surface area contributed by atoms with Gasteiger partial charge in [0.25, 0.3) is 0 Å². The molecular formula is C16H20N2O8S2. The van der Waals surface area contributed by atoms with Crippen LogP contribution < -0.4 is 19.8 Å². The Hall–Kier alpha value is -2.67. The third-order valence-corrected chi connectivity index (χ3v) is 5.24. The SMILES string of the molecule is COc1cc(C(=O)O)ccc1S(N)(=O)=O.COc1cc(C)ccc1S(N)(=O)=O. The molecule has 0 heterocycles. The van der Waals surface area contributed by atoms with Gasteiger partial charge in [-0.15, -0.1) is 0 Å². The molecule has 154 valence electrons. The van der Waals surface area contributed by atoms with Crippen LogP contribution in [0.1, 0.15) is 15.9 Å². The van der Waals surface area contributed by atoms with E-state index in [1.807, 2.05) is 6.92 Å².